The van der Waals surface area contributed by atoms with Gasteiger partial charge in [-0.25, -0.2) is 0 Å². The summed E-state index contributed by atoms with van der Waals surface area (Å²) in [6, 6.07) is 4.39. The zero-order valence-electron chi connectivity index (χ0n) is 12.4. The van der Waals surface area contributed by atoms with Crippen LogP contribution < -0.4 is 5.32 Å². The predicted molar refractivity (Wildman–Crippen MR) is 82.7 cm³/mol. The quantitative estimate of drug-likeness (QED) is 0.796. The lowest BCUT2D eigenvalue weighted by atomic mass is 9.82. The highest BCUT2D eigenvalue weighted by atomic mass is 32.1. The number of ether oxygens (including phenoxy) is 1. The summed E-state index contributed by atoms with van der Waals surface area (Å²) in [7, 11) is 0. The third-order valence-electron chi connectivity index (χ3n) is 3.86. The number of nitrogens with one attached hydrogen (secondary N) is 1. The van der Waals surface area contributed by atoms with E-state index < -0.39 is 0 Å². The summed E-state index contributed by atoms with van der Waals surface area (Å²) < 4.78 is 6.01. The fourth-order valence-electron chi connectivity index (χ4n) is 3.10. The summed E-state index contributed by atoms with van der Waals surface area (Å²) in [6.45, 7) is 9.62. The van der Waals surface area contributed by atoms with Crippen LogP contribution in [0.3, 0.4) is 0 Å². The van der Waals surface area contributed by atoms with E-state index in [0.29, 0.717) is 6.10 Å². The Morgan fingerprint density at radius 3 is 2.58 bits per heavy atom. The molecule has 0 radical (unpaired) electrons. The second-order valence-corrected chi connectivity index (χ2v) is 7.47. The van der Waals surface area contributed by atoms with Crippen LogP contribution in [0.1, 0.15) is 42.9 Å². The Bertz CT molecular complexity index is 367. The molecule has 2 nitrogen and oxygen atoms in total. The molecule has 1 aliphatic carbocycles. The molecule has 108 valence electrons. The molecule has 0 amide bonds. The first-order valence-electron chi connectivity index (χ1n) is 7.51. The molecule has 3 heteroatoms. The normalized spacial score (nSPS) is 27.6. The van der Waals surface area contributed by atoms with Crippen molar-refractivity contribution in [2.75, 3.05) is 13.2 Å². The third-order valence-corrected chi connectivity index (χ3v) is 4.86. The highest BCUT2D eigenvalue weighted by Crippen LogP contribution is 2.30. The van der Waals surface area contributed by atoms with E-state index in [0.717, 1.165) is 31.5 Å². The van der Waals surface area contributed by atoms with Gasteiger partial charge in [0.25, 0.3) is 0 Å². The monoisotopic (exact) mass is 281 g/mol. The standard InChI is InChI=1S/C16H27NOS/c1-12-8-13(2)10-15(9-12)18-7-6-17-11-16-5-4-14(3)19-16/h4-5,12-13,15,17H,6-11H2,1-3H3. The first kappa shape index (κ1) is 15.0. The molecule has 1 saturated carbocycles. The molecule has 0 bridgehead atoms. The average molecular weight is 281 g/mol. The van der Waals surface area contributed by atoms with Crippen LogP contribution >= 0.6 is 11.3 Å². The van der Waals surface area contributed by atoms with E-state index in [1.165, 1.54) is 29.0 Å². The predicted octanol–water partition coefficient (Wildman–Crippen LogP) is 3.99. The van der Waals surface area contributed by atoms with Crippen molar-refractivity contribution in [2.45, 2.75) is 52.7 Å². The van der Waals surface area contributed by atoms with Crippen molar-refractivity contribution < 1.29 is 4.74 Å². The van der Waals surface area contributed by atoms with Crippen molar-refractivity contribution in [3.63, 3.8) is 0 Å². The van der Waals surface area contributed by atoms with E-state index in [1.807, 2.05) is 11.3 Å². The Morgan fingerprint density at radius 2 is 1.95 bits per heavy atom. The van der Waals surface area contributed by atoms with Gasteiger partial charge in [-0.3, -0.25) is 0 Å². The topological polar surface area (TPSA) is 21.3 Å². The summed E-state index contributed by atoms with van der Waals surface area (Å²) in [5, 5.41) is 3.46. The second kappa shape index (κ2) is 7.41. The fraction of sp³-hybridized carbons (Fsp3) is 0.750. The van der Waals surface area contributed by atoms with Gasteiger partial charge >= 0.3 is 0 Å². The maximum absolute atomic E-state index is 6.01. The Kier molecular flexibility index (Phi) is 5.86. The molecule has 1 aliphatic rings. The maximum atomic E-state index is 6.01. The summed E-state index contributed by atoms with van der Waals surface area (Å²) in [6.07, 6.45) is 4.35. The smallest absolute Gasteiger partial charge is 0.0594 e. The van der Waals surface area contributed by atoms with Gasteiger partial charge in [0, 0.05) is 22.8 Å². The number of rotatable bonds is 6. The van der Waals surface area contributed by atoms with Crippen LogP contribution in [-0.2, 0) is 11.3 Å². The Labute approximate surface area is 121 Å². The van der Waals surface area contributed by atoms with Crippen LogP contribution in [0, 0.1) is 18.8 Å². The summed E-state index contributed by atoms with van der Waals surface area (Å²) in [5.74, 6) is 1.66. The first-order chi connectivity index (χ1) is 9.13. The van der Waals surface area contributed by atoms with Gasteiger partial charge in [0.1, 0.15) is 0 Å². The van der Waals surface area contributed by atoms with Crippen LogP contribution in [0.5, 0.6) is 0 Å². The van der Waals surface area contributed by atoms with Crippen molar-refractivity contribution in [3.05, 3.63) is 21.9 Å². The molecule has 0 aromatic carbocycles. The van der Waals surface area contributed by atoms with Gasteiger partial charge < -0.3 is 10.1 Å². The van der Waals surface area contributed by atoms with E-state index in [2.05, 4.69) is 38.2 Å². The number of hydrogen-bond donors (Lipinski definition) is 1. The molecular formula is C16H27NOS. The molecule has 0 saturated heterocycles. The Hall–Kier alpha value is -0.380. The number of thiophene rings is 1. The van der Waals surface area contributed by atoms with Crippen molar-refractivity contribution in [1.29, 1.82) is 0 Å². The molecular weight excluding hydrogens is 254 g/mol. The minimum atomic E-state index is 0.490. The van der Waals surface area contributed by atoms with E-state index in [-0.39, 0.29) is 0 Å². The molecule has 2 rings (SSSR count). The van der Waals surface area contributed by atoms with E-state index in [4.69, 9.17) is 4.74 Å². The maximum Gasteiger partial charge on any atom is 0.0594 e. The highest BCUT2D eigenvalue weighted by Gasteiger charge is 2.23. The van der Waals surface area contributed by atoms with Crippen LogP contribution in [0.15, 0.2) is 12.1 Å². The lowest BCUT2D eigenvalue weighted by molar-refractivity contribution is 0.00265. The Morgan fingerprint density at radius 1 is 1.21 bits per heavy atom. The molecule has 2 unspecified atom stereocenters. The van der Waals surface area contributed by atoms with Gasteiger partial charge in [0.05, 0.1) is 12.7 Å². The molecule has 0 spiro atoms. The van der Waals surface area contributed by atoms with Gasteiger partial charge in [0.2, 0.25) is 0 Å². The van der Waals surface area contributed by atoms with Gasteiger partial charge in [-0.05, 0) is 50.2 Å². The summed E-state index contributed by atoms with van der Waals surface area (Å²) >= 11 is 1.87. The van der Waals surface area contributed by atoms with Gasteiger partial charge in [-0.1, -0.05) is 13.8 Å². The van der Waals surface area contributed by atoms with E-state index in [9.17, 15) is 0 Å². The largest absolute Gasteiger partial charge is 0.377 e. The molecule has 2 atom stereocenters. The second-order valence-electron chi connectivity index (χ2n) is 6.10. The molecule has 1 fully saturated rings. The van der Waals surface area contributed by atoms with Crippen LogP contribution in [0.4, 0.5) is 0 Å². The minimum Gasteiger partial charge on any atom is -0.377 e. The van der Waals surface area contributed by atoms with E-state index in [1.54, 1.807) is 0 Å². The number of aryl methyl sites for hydroxylation is 1. The van der Waals surface area contributed by atoms with Crippen LogP contribution in [0.2, 0.25) is 0 Å². The molecule has 1 aromatic heterocycles. The molecule has 1 aromatic rings. The van der Waals surface area contributed by atoms with Crippen molar-refractivity contribution in [3.8, 4) is 0 Å². The van der Waals surface area contributed by atoms with Crippen LogP contribution in [-0.4, -0.2) is 19.3 Å². The first-order valence-corrected chi connectivity index (χ1v) is 8.32. The summed E-state index contributed by atoms with van der Waals surface area (Å²) in [4.78, 5) is 2.80. The SMILES string of the molecule is Cc1ccc(CNCCOC2CC(C)CC(C)C2)s1. The zero-order chi connectivity index (χ0) is 13.7. The summed E-state index contributed by atoms with van der Waals surface area (Å²) in [5.41, 5.74) is 0. The van der Waals surface area contributed by atoms with Gasteiger partial charge in [-0.2, -0.15) is 0 Å². The average Bonchev–Trinajstić information content (AvgIpc) is 2.73. The van der Waals surface area contributed by atoms with Gasteiger partial charge in [-0.15, -0.1) is 11.3 Å². The van der Waals surface area contributed by atoms with Crippen molar-refractivity contribution in [2.24, 2.45) is 11.8 Å². The number of hydrogen-bond acceptors (Lipinski definition) is 3. The van der Waals surface area contributed by atoms with Gasteiger partial charge in [0.15, 0.2) is 0 Å². The minimum absolute atomic E-state index is 0.490. The van der Waals surface area contributed by atoms with Crippen molar-refractivity contribution in [1.82, 2.24) is 5.32 Å². The molecule has 0 aliphatic heterocycles. The third kappa shape index (κ3) is 5.25. The zero-order valence-corrected chi connectivity index (χ0v) is 13.3. The Balaban J connectivity index is 1.56. The fourth-order valence-corrected chi connectivity index (χ4v) is 3.96. The molecule has 1 N–H and O–H groups in total. The molecule has 1 heterocycles. The molecule has 19 heavy (non-hydrogen) atoms. The van der Waals surface area contributed by atoms with Crippen molar-refractivity contribution >= 4 is 11.3 Å². The lowest BCUT2D eigenvalue weighted by Crippen LogP contribution is -2.29. The van der Waals surface area contributed by atoms with Crippen LogP contribution in [0.25, 0.3) is 0 Å². The lowest BCUT2D eigenvalue weighted by Gasteiger charge is -2.31. The highest BCUT2D eigenvalue weighted by molar-refractivity contribution is 7.11. The van der Waals surface area contributed by atoms with E-state index >= 15 is 0 Å².